The lowest BCUT2D eigenvalue weighted by Gasteiger charge is -2.13. The number of fused-ring (bicyclic) bond motifs is 5. The van der Waals surface area contributed by atoms with E-state index in [4.69, 9.17) is 0 Å². The summed E-state index contributed by atoms with van der Waals surface area (Å²) in [4.78, 5) is 29.6. The summed E-state index contributed by atoms with van der Waals surface area (Å²) in [5, 5.41) is 5.39. The fourth-order valence-corrected chi connectivity index (χ4v) is 4.92. The van der Waals surface area contributed by atoms with Gasteiger partial charge in [-0.3, -0.25) is 14.6 Å². The predicted octanol–water partition coefficient (Wildman–Crippen LogP) is 2.63. The molecule has 2 fully saturated rings. The molecule has 2 amide bonds. The van der Waals surface area contributed by atoms with Gasteiger partial charge in [0.1, 0.15) is 0 Å². The number of carbonyl (C=O) groups excluding carboxylic acids is 2. The zero-order chi connectivity index (χ0) is 18.7. The van der Waals surface area contributed by atoms with E-state index in [9.17, 15) is 9.59 Å². The molecule has 2 aliphatic carbocycles. The van der Waals surface area contributed by atoms with Gasteiger partial charge in [-0.1, -0.05) is 12.2 Å². The highest BCUT2D eigenvalue weighted by atomic mass is 16.2. The number of allylic oxidation sites excluding steroid dienone is 2. The Morgan fingerprint density at radius 1 is 1.15 bits per heavy atom. The second kappa shape index (κ2) is 5.74. The summed E-state index contributed by atoms with van der Waals surface area (Å²) in [6.45, 7) is 4.01. The maximum absolute atomic E-state index is 12.7. The van der Waals surface area contributed by atoms with E-state index >= 15 is 0 Å². The molecule has 1 saturated carbocycles. The number of amides is 2. The molecular weight excluding hydrogens is 340 g/mol. The van der Waals surface area contributed by atoms with Crippen LogP contribution in [-0.2, 0) is 9.59 Å². The molecule has 0 aromatic carbocycles. The first-order chi connectivity index (χ1) is 13.1. The average molecular weight is 360 g/mol. The lowest BCUT2D eigenvalue weighted by Crippen LogP contribution is -2.28. The summed E-state index contributed by atoms with van der Waals surface area (Å²) < 4.78 is 2.08. The summed E-state index contributed by atoms with van der Waals surface area (Å²) in [7, 11) is 0. The standard InChI is InChI=1S/C21H20N4O2/c1-12-8-16(13(2)24(12)17-4-3-7-22-11-17)10-23-25-20(26)18-14-5-6-15(9-14)19(18)21(25)27/h3-8,10-11,14-15,18-19H,9H2,1-2H3/t14-,15-,18-,19+/m0/s1. The Kier molecular flexibility index (Phi) is 3.44. The van der Waals surface area contributed by atoms with Crippen LogP contribution in [0.1, 0.15) is 23.4 Å². The molecule has 2 aromatic rings. The Morgan fingerprint density at radius 2 is 1.85 bits per heavy atom. The van der Waals surface area contributed by atoms with Crippen molar-refractivity contribution in [2.75, 3.05) is 0 Å². The Balaban J connectivity index is 1.44. The van der Waals surface area contributed by atoms with E-state index in [1.165, 1.54) is 0 Å². The molecule has 0 N–H and O–H groups in total. The second-order valence-electron chi connectivity index (χ2n) is 7.61. The minimum absolute atomic E-state index is 0.154. The Hall–Kier alpha value is -3.02. The first-order valence-corrected chi connectivity index (χ1v) is 9.25. The van der Waals surface area contributed by atoms with E-state index < -0.39 is 0 Å². The van der Waals surface area contributed by atoms with Gasteiger partial charge in [-0.25, -0.2) is 0 Å². The largest absolute Gasteiger partial charge is 0.316 e. The Morgan fingerprint density at radius 3 is 2.48 bits per heavy atom. The third-order valence-corrected chi connectivity index (χ3v) is 6.13. The molecule has 3 heterocycles. The van der Waals surface area contributed by atoms with Crippen molar-refractivity contribution < 1.29 is 9.59 Å². The van der Waals surface area contributed by atoms with Gasteiger partial charge < -0.3 is 4.57 Å². The molecule has 0 spiro atoms. The molecular formula is C21H20N4O2. The third-order valence-electron chi connectivity index (χ3n) is 6.13. The van der Waals surface area contributed by atoms with Crippen LogP contribution < -0.4 is 0 Å². The molecule has 2 bridgehead atoms. The third kappa shape index (κ3) is 2.25. The number of nitrogens with zero attached hydrogens (tertiary/aromatic N) is 4. The molecule has 0 radical (unpaired) electrons. The van der Waals surface area contributed by atoms with E-state index in [0.29, 0.717) is 0 Å². The quantitative estimate of drug-likeness (QED) is 0.480. The number of aryl methyl sites for hydroxylation is 1. The number of hydrazone groups is 1. The van der Waals surface area contributed by atoms with Crippen LogP contribution >= 0.6 is 0 Å². The lowest BCUT2D eigenvalue weighted by molar-refractivity contribution is -0.140. The Bertz CT molecular complexity index is 975. The van der Waals surface area contributed by atoms with Gasteiger partial charge in [0.25, 0.3) is 11.8 Å². The molecule has 6 nitrogen and oxygen atoms in total. The zero-order valence-corrected chi connectivity index (χ0v) is 15.2. The summed E-state index contributed by atoms with van der Waals surface area (Å²) >= 11 is 0. The van der Waals surface area contributed by atoms with Crippen molar-refractivity contribution in [3.8, 4) is 5.69 Å². The van der Waals surface area contributed by atoms with Crippen molar-refractivity contribution in [3.05, 3.63) is 59.7 Å². The fraction of sp³-hybridized carbons (Fsp3) is 0.333. The van der Waals surface area contributed by atoms with Crippen molar-refractivity contribution >= 4 is 18.0 Å². The number of carbonyl (C=O) groups is 2. The maximum atomic E-state index is 12.7. The van der Waals surface area contributed by atoms with Crippen molar-refractivity contribution in [1.82, 2.24) is 14.6 Å². The molecule has 6 heteroatoms. The van der Waals surface area contributed by atoms with Crippen LogP contribution in [0.2, 0.25) is 0 Å². The van der Waals surface area contributed by atoms with Crippen LogP contribution in [-0.4, -0.2) is 32.6 Å². The van der Waals surface area contributed by atoms with Crippen LogP contribution in [0.4, 0.5) is 0 Å². The van der Waals surface area contributed by atoms with Gasteiger partial charge in [0.05, 0.1) is 29.9 Å². The number of hydrogen-bond acceptors (Lipinski definition) is 4. The molecule has 5 rings (SSSR count). The minimum atomic E-state index is -0.215. The molecule has 27 heavy (non-hydrogen) atoms. The number of hydrogen-bond donors (Lipinski definition) is 0. The SMILES string of the molecule is Cc1cc(C=NN2C(=O)[C@@H]3[C@H](C2=O)[C@H]2C=C[C@H]3C2)c(C)n1-c1cccnc1. The zero-order valence-electron chi connectivity index (χ0n) is 15.2. The van der Waals surface area contributed by atoms with Crippen LogP contribution in [0.25, 0.3) is 5.69 Å². The van der Waals surface area contributed by atoms with Gasteiger partial charge in [0.15, 0.2) is 0 Å². The van der Waals surface area contributed by atoms with Gasteiger partial charge in [0, 0.05) is 23.1 Å². The van der Waals surface area contributed by atoms with E-state index in [1.54, 1.807) is 18.6 Å². The maximum Gasteiger partial charge on any atom is 0.254 e. The minimum Gasteiger partial charge on any atom is -0.316 e. The van der Waals surface area contributed by atoms with E-state index in [2.05, 4.69) is 26.8 Å². The molecule has 1 aliphatic heterocycles. The van der Waals surface area contributed by atoms with E-state index in [-0.39, 0.29) is 35.5 Å². The number of pyridine rings is 1. The smallest absolute Gasteiger partial charge is 0.254 e. The highest BCUT2D eigenvalue weighted by molar-refractivity contribution is 6.06. The van der Waals surface area contributed by atoms with Crippen molar-refractivity contribution in [1.29, 1.82) is 0 Å². The molecule has 136 valence electrons. The normalized spacial score (nSPS) is 28.7. The van der Waals surface area contributed by atoms with Crippen LogP contribution in [0.5, 0.6) is 0 Å². The van der Waals surface area contributed by atoms with Gasteiger partial charge in [-0.15, -0.1) is 0 Å². The molecule has 2 aromatic heterocycles. The van der Waals surface area contributed by atoms with Crippen LogP contribution in [0.3, 0.4) is 0 Å². The molecule has 0 unspecified atom stereocenters. The van der Waals surface area contributed by atoms with E-state index in [1.807, 2.05) is 32.0 Å². The van der Waals surface area contributed by atoms with Crippen molar-refractivity contribution in [2.45, 2.75) is 20.3 Å². The van der Waals surface area contributed by atoms with Gasteiger partial charge in [-0.2, -0.15) is 10.1 Å². The number of aromatic nitrogens is 2. The lowest BCUT2D eigenvalue weighted by atomic mass is 9.85. The summed E-state index contributed by atoms with van der Waals surface area (Å²) in [6, 6.07) is 5.89. The van der Waals surface area contributed by atoms with Crippen LogP contribution in [0, 0.1) is 37.5 Å². The Labute approximate surface area is 157 Å². The first kappa shape index (κ1) is 16.2. The summed E-state index contributed by atoms with van der Waals surface area (Å²) in [6.07, 6.45) is 10.3. The van der Waals surface area contributed by atoms with Gasteiger partial charge in [-0.05, 0) is 50.3 Å². The monoisotopic (exact) mass is 360 g/mol. The van der Waals surface area contributed by atoms with Crippen molar-refractivity contribution in [3.63, 3.8) is 0 Å². The highest BCUT2D eigenvalue weighted by Gasteiger charge is 2.59. The summed E-state index contributed by atoms with van der Waals surface area (Å²) in [5.74, 6) is -0.335. The van der Waals surface area contributed by atoms with Gasteiger partial charge in [0.2, 0.25) is 0 Å². The fourth-order valence-electron chi connectivity index (χ4n) is 4.92. The van der Waals surface area contributed by atoms with Crippen LogP contribution in [0.15, 0.2) is 47.8 Å². The number of imide groups is 1. The molecule has 4 atom stereocenters. The predicted molar refractivity (Wildman–Crippen MR) is 100 cm³/mol. The topological polar surface area (TPSA) is 67.6 Å². The highest BCUT2D eigenvalue weighted by Crippen LogP contribution is 2.52. The number of rotatable bonds is 3. The second-order valence-corrected chi connectivity index (χ2v) is 7.61. The summed E-state index contributed by atoms with van der Waals surface area (Å²) in [5.41, 5.74) is 3.89. The molecule has 1 saturated heterocycles. The molecule has 3 aliphatic rings. The average Bonchev–Trinajstić information content (AvgIpc) is 3.40. The van der Waals surface area contributed by atoms with E-state index in [0.717, 1.165) is 34.1 Å². The van der Waals surface area contributed by atoms with Gasteiger partial charge >= 0.3 is 0 Å². The van der Waals surface area contributed by atoms with Crippen molar-refractivity contribution in [2.24, 2.45) is 28.8 Å². The first-order valence-electron chi connectivity index (χ1n) is 9.25.